The smallest absolute Gasteiger partial charge is 0.344 e. The van der Waals surface area contributed by atoms with Crippen molar-refractivity contribution in [2.45, 2.75) is 99.8 Å². The second kappa shape index (κ2) is 13.4. The summed E-state index contributed by atoms with van der Waals surface area (Å²) in [5.74, 6) is -2.18. The Bertz CT molecular complexity index is 1170. The van der Waals surface area contributed by atoms with Crippen LogP contribution in [0.3, 0.4) is 0 Å². The lowest BCUT2D eigenvalue weighted by Crippen LogP contribution is -2.55. The van der Waals surface area contributed by atoms with Gasteiger partial charge in [-0.25, -0.2) is 9.59 Å². The van der Waals surface area contributed by atoms with Gasteiger partial charge in [0.25, 0.3) is 7.57 Å². The first-order valence-electron chi connectivity index (χ1n) is 13.6. The molecule has 2 rings (SSSR count). The highest BCUT2D eigenvalue weighted by Crippen LogP contribution is 2.54. The molecule has 10 nitrogen and oxygen atoms in total. The van der Waals surface area contributed by atoms with E-state index < -0.39 is 42.7 Å². The summed E-state index contributed by atoms with van der Waals surface area (Å²) in [5, 5.41) is -0.248. The Morgan fingerprint density at radius 3 is 1.93 bits per heavy atom. The quantitative estimate of drug-likeness (QED) is 0.248. The summed E-state index contributed by atoms with van der Waals surface area (Å²) in [6.45, 7) is 19.4. The van der Waals surface area contributed by atoms with Crippen LogP contribution in [0, 0.1) is 6.92 Å². The van der Waals surface area contributed by atoms with Crippen molar-refractivity contribution in [3.8, 4) is 0 Å². The number of aliphatic imine (C=N–C) groups is 1. The second-order valence-corrected chi connectivity index (χ2v) is 13.6. The molecule has 1 atom stereocenters. The average Bonchev–Trinajstić information content (AvgIpc) is 2.89. The molecule has 1 unspecified atom stereocenters. The van der Waals surface area contributed by atoms with Crippen LogP contribution < -0.4 is 4.90 Å². The van der Waals surface area contributed by atoms with Crippen molar-refractivity contribution in [2.24, 2.45) is 4.99 Å². The number of aryl methyl sites for hydroxylation is 1. The van der Waals surface area contributed by atoms with Gasteiger partial charge in [0.2, 0.25) is 5.91 Å². The van der Waals surface area contributed by atoms with Crippen LogP contribution in [0.25, 0.3) is 0 Å². The number of benzene rings is 1. The molecule has 1 aliphatic rings. The van der Waals surface area contributed by atoms with Crippen molar-refractivity contribution in [1.29, 1.82) is 0 Å². The molecular formula is C29H45N2O8P. The molecule has 0 saturated heterocycles. The number of rotatable bonds is 10. The monoisotopic (exact) mass is 580 g/mol. The zero-order valence-corrected chi connectivity index (χ0v) is 26.6. The number of anilines is 1. The molecule has 0 N–H and O–H groups in total. The number of hydrogen-bond donors (Lipinski definition) is 0. The zero-order chi connectivity index (χ0) is 30.5. The van der Waals surface area contributed by atoms with Crippen LogP contribution >= 0.6 is 7.57 Å². The van der Waals surface area contributed by atoms with Gasteiger partial charge < -0.3 is 23.0 Å². The number of hydrogen-bond acceptors (Lipinski definition) is 9. The van der Waals surface area contributed by atoms with Gasteiger partial charge in [-0.1, -0.05) is 6.07 Å². The second-order valence-electron chi connectivity index (χ2n) is 11.4. The highest BCUT2D eigenvalue weighted by atomic mass is 31.2. The van der Waals surface area contributed by atoms with Crippen molar-refractivity contribution in [3.63, 3.8) is 0 Å². The minimum atomic E-state index is -3.76. The summed E-state index contributed by atoms with van der Waals surface area (Å²) < 4.78 is 30.0. The van der Waals surface area contributed by atoms with Crippen molar-refractivity contribution in [2.75, 3.05) is 24.7 Å². The molecule has 0 saturated carbocycles. The van der Waals surface area contributed by atoms with E-state index in [-0.39, 0.29) is 31.5 Å². The van der Waals surface area contributed by atoms with Crippen LogP contribution in [0.4, 0.5) is 11.4 Å². The van der Waals surface area contributed by atoms with Crippen LogP contribution in [-0.2, 0) is 37.4 Å². The molecule has 224 valence electrons. The molecule has 11 heteroatoms. The van der Waals surface area contributed by atoms with E-state index in [1.165, 1.54) is 4.90 Å². The van der Waals surface area contributed by atoms with Crippen LogP contribution in [0.2, 0.25) is 0 Å². The maximum atomic E-state index is 14.2. The van der Waals surface area contributed by atoms with E-state index in [0.717, 1.165) is 5.56 Å². The van der Waals surface area contributed by atoms with E-state index in [0.29, 0.717) is 17.1 Å². The largest absolute Gasteiger partial charge is 0.458 e. The van der Waals surface area contributed by atoms with E-state index >= 15 is 0 Å². The summed E-state index contributed by atoms with van der Waals surface area (Å²) in [5.41, 5.74) is 0.307. The SMILES string of the molecule is CCOP(OCC)(OCC)=C(C(=O)OC(C)(C)C)C(C(=O)OC(C)(C)C)N1C(=O)CC(C)=Nc2ccc(C)cc21. The predicted molar refractivity (Wildman–Crippen MR) is 158 cm³/mol. The molecule has 1 heterocycles. The Kier molecular flexibility index (Phi) is 11.3. The number of fused-ring (bicyclic) bond motifs is 1. The lowest BCUT2D eigenvalue weighted by atomic mass is 10.1. The Morgan fingerprint density at radius 1 is 0.925 bits per heavy atom. The molecule has 0 spiro atoms. The van der Waals surface area contributed by atoms with Crippen molar-refractivity contribution >= 4 is 47.8 Å². The molecule has 1 aromatic rings. The van der Waals surface area contributed by atoms with E-state index in [9.17, 15) is 14.4 Å². The normalized spacial score (nSPS) is 15.1. The van der Waals surface area contributed by atoms with E-state index in [1.807, 2.05) is 13.0 Å². The predicted octanol–water partition coefficient (Wildman–Crippen LogP) is 5.92. The summed E-state index contributed by atoms with van der Waals surface area (Å²) in [6.07, 6.45) is -0.0853. The third-order valence-corrected chi connectivity index (χ3v) is 8.14. The topological polar surface area (TPSA) is 113 Å². The van der Waals surface area contributed by atoms with Gasteiger partial charge in [0.15, 0.2) is 6.04 Å². The molecule has 0 radical (unpaired) electrons. The Labute approximate surface area is 238 Å². The minimum Gasteiger partial charge on any atom is -0.458 e. The molecule has 1 aliphatic heterocycles. The number of amides is 1. The maximum absolute atomic E-state index is 14.2. The van der Waals surface area contributed by atoms with Crippen LogP contribution in [0.5, 0.6) is 0 Å². The Balaban J connectivity index is 3.12. The number of esters is 2. The molecule has 1 aromatic carbocycles. The summed E-state index contributed by atoms with van der Waals surface area (Å²) >= 11 is 0. The number of carbonyl (C=O) groups is 3. The van der Waals surface area contributed by atoms with Gasteiger partial charge in [-0.3, -0.25) is 14.7 Å². The molecule has 1 amide bonds. The van der Waals surface area contributed by atoms with E-state index in [2.05, 4.69) is 4.99 Å². The number of carbonyl (C=O) groups excluding carboxylic acids is 3. The Morgan fingerprint density at radius 2 is 1.45 bits per heavy atom. The molecule has 0 bridgehead atoms. The first-order chi connectivity index (χ1) is 18.5. The number of nitrogens with zero attached hydrogens (tertiary/aromatic N) is 2. The molecule has 0 fully saturated rings. The first kappa shape index (κ1) is 33.7. The highest BCUT2D eigenvalue weighted by Gasteiger charge is 2.49. The van der Waals surface area contributed by atoms with Gasteiger partial charge in [0.05, 0.1) is 37.6 Å². The van der Waals surface area contributed by atoms with Gasteiger partial charge in [0, 0.05) is 5.71 Å². The van der Waals surface area contributed by atoms with Crippen LogP contribution in [0.1, 0.15) is 81.2 Å². The number of ether oxygens (including phenoxy) is 2. The van der Waals surface area contributed by atoms with Crippen molar-refractivity contribution < 1.29 is 37.4 Å². The Hall–Kier alpha value is -2.52. The van der Waals surface area contributed by atoms with Crippen molar-refractivity contribution in [3.05, 3.63) is 23.8 Å². The summed E-state index contributed by atoms with van der Waals surface area (Å²) in [6, 6.07) is 3.76. The van der Waals surface area contributed by atoms with Gasteiger partial charge in [0.1, 0.15) is 16.5 Å². The van der Waals surface area contributed by atoms with Crippen LogP contribution in [-0.4, -0.2) is 65.9 Å². The fourth-order valence-electron chi connectivity index (χ4n) is 4.12. The first-order valence-corrected chi connectivity index (χ1v) is 15.2. The van der Waals surface area contributed by atoms with Gasteiger partial charge >= 0.3 is 11.9 Å². The molecule has 40 heavy (non-hydrogen) atoms. The lowest BCUT2D eigenvalue weighted by Gasteiger charge is -2.37. The van der Waals surface area contributed by atoms with Gasteiger partial charge in [-0.05, 0) is 93.9 Å². The third-order valence-electron chi connectivity index (χ3n) is 5.32. The minimum absolute atomic E-state index is 0.0853. The maximum Gasteiger partial charge on any atom is 0.344 e. The van der Waals surface area contributed by atoms with Crippen LogP contribution in [0.15, 0.2) is 23.2 Å². The fraction of sp³-hybridized carbons (Fsp3) is 0.621. The molecular weight excluding hydrogens is 535 g/mol. The standard InChI is InChI=1S/C29H45N2O8P/c1-12-35-40(36-13-2,37-14-3)25(27(34)39-29(9,10)11)24(26(33)38-28(6,7)8)31-22-17-19(4)15-16-21(22)30-20(5)18-23(31)32/h15-17,24H,12-14,18H2,1-11H3. The van der Waals surface area contributed by atoms with E-state index in [4.69, 9.17) is 23.0 Å². The average molecular weight is 581 g/mol. The van der Waals surface area contributed by atoms with Gasteiger partial charge in [-0.2, -0.15) is 0 Å². The zero-order valence-electron chi connectivity index (χ0n) is 25.7. The lowest BCUT2D eigenvalue weighted by molar-refractivity contribution is -0.157. The fourth-order valence-corrected chi connectivity index (χ4v) is 6.57. The molecule has 0 aliphatic carbocycles. The molecule has 0 aromatic heterocycles. The summed E-state index contributed by atoms with van der Waals surface area (Å²) in [4.78, 5) is 48.3. The highest BCUT2D eigenvalue weighted by molar-refractivity contribution is 7.65. The van der Waals surface area contributed by atoms with Gasteiger partial charge in [-0.15, -0.1) is 0 Å². The van der Waals surface area contributed by atoms with Crippen molar-refractivity contribution in [1.82, 2.24) is 0 Å². The third kappa shape index (κ3) is 8.49. The van der Waals surface area contributed by atoms with E-state index in [1.54, 1.807) is 81.4 Å². The summed E-state index contributed by atoms with van der Waals surface area (Å²) in [7, 11) is -3.76.